The zero-order chi connectivity index (χ0) is 21.9. The molecule has 0 aromatic heterocycles. The first-order chi connectivity index (χ1) is 15.7. The van der Waals surface area contributed by atoms with Gasteiger partial charge < -0.3 is 20.3 Å². The number of carbonyl (C=O) groups is 1. The van der Waals surface area contributed by atoms with Crippen LogP contribution in [0.15, 0.2) is 78.9 Å². The minimum absolute atomic E-state index is 0.0779. The lowest BCUT2D eigenvalue weighted by molar-refractivity contribution is 0.0759. The van der Waals surface area contributed by atoms with Crippen LogP contribution < -0.4 is 15.4 Å². The van der Waals surface area contributed by atoms with Gasteiger partial charge in [0.25, 0.3) is 0 Å². The molecule has 5 heteroatoms. The summed E-state index contributed by atoms with van der Waals surface area (Å²) in [5.41, 5.74) is 4.41. The molecule has 3 aromatic carbocycles. The third-order valence-corrected chi connectivity index (χ3v) is 6.35. The van der Waals surface area contributed by atoms with Crippen LogP contribution in [0, 0.1) is 0 Å². The van der Waals surface area contributed by atoms with E-state index in [1.165, 1.54) is 16.7 Å². The van der Waals surface area contributed by atoms with E-state index < -0.39 is 0 Å². The summed E-state index contributed by atoms with van der Waals surface area (Å²) in [5, 5.41) is 6.59. The third kappa shape index (κ3) is 4.12. The van der Waals surface area contributed by atoms with Crippen LogP contribution in [-0.2, 0) is 0 Å². The van der Waals surface area contributed by atoms with Crippen molar-refractivity contribution in [1.82, 2.24) is 10.2 Å². The highest BCUT2D eigenvalue weighted by Crippen LogP contribution is 2.37. The van der Waals surface area contributed by atoms with Crippen LogP contribution in [0.1, 0.15) is 22.6 Å². The Hall–Kier alpha value is -3.57. The summed E-state index contributed by atoms with van der Waals surface area (Å²) in [6, 6.07) is 27.1. The number of rotatable bonds is 5. The molecule has 0 radical (unpaired) electrons. The minimum Gasteiger partial charge on any atom is -0.495 e. The van der Waals surface area contributed by atoms with E-state index in [1.54, 1.807) is 7.11 Å². The summed E-state index contributed by atoms with van der Waals surface area (Å²) >= 11 is 0. The zero-order valence-electron chi connectivity index (χ0n) is 18.1. The lowest BCUT2D eigenvalue weighted by Crippen LogP contribution is -2.72. The second-order valence-corrected chi connectivity index (χ2v) is 8.35. The first-order valence-electron chi connectivity index (χ1n) is 11.0. The van der Waals surface area contributed by atoms with Crippen LogP contribution in [0.4, 0.5) is 10.5 Å². The smallest absolute Gasteiger partial charge is 0.322 e. The maximum atomic E-state index is 12.8. The lowest BCUT2D eigenvalue weighted by atomic mass is 9.74. The van der Waals surface area contributed by atoms with E-state index in [-0.39, 0.29) is 18.1 Å². The number of nitrogens with zero attached hydrogens (tertiary/aromatic N) is 1. The molecule has 3 atom stereocenters. The molecule has 3 aliphatic rings. The number of benzene rings is 3. The maximum Gasteiger partial charge on any atom is 0.322 e. The van der Waals surface area contributed by atoms with Crippen LogP contribution in [0.2, 0.25) is 0 Å². The van der Waals surface area contributed by atoms with Crippen molar-refractivity contribution in [2.45, 2.75) is 18.0 Å². The number of piperidine rings is 1. The Morgan fingerprint density at radius 1 is 0.906 bits per heavy atom. The number of amides is 2. The quantitative estimate of drug-likeness (QED) is 0.576. The van der Waals surface area contributed by atoms with Gasteiger partial charge in [-0.3, -0.25) is 0 Å². The van der Waals surface area contributed by atoms with Gasteiger partial charge in [0.05, 0.1) is 12.8 Å². The van der Waals surface area contributed by atoms with Crippen molar-refractivity contribution < 1.29 is 9.53 Å². The molecule has 0 saturated carbocycles. The summed E-state index contributed by atoms with van der Waals surface area (Å²) in [6.45, 7) is 1.38. The van der Waals surface area contributed by atoms with Gasteiger partial charge >= 0.3 is 6.03 Å². The molecule has 5 nitrogen and oxygen atoms in total. The third-order valence-electron chi connectivity index (χ3n) is 6.35. The highest BCUT2D eigenvalue weighted by molar-refractivity contribution is 5.91. The van der Waals surface area contributed by atoms with E-state index in [4.69, 9.17) is 4.74 Å². The topological polar surface area (TPSA) is 53.6 Å². The SMILES string of the molecule is COc1ccccc1NC(=O)N1C[C@@H]2N[C@H](C1)C2c1ccc(C=Cc2ccccc2)cc1. The van der Waals surface area contributed by atoms with Gasteiger partial charge in [0, 0.05) is 31.1 Å². The van der Waals surface area contributed by atoms with E-state index in [9.17, 15) is 4.79 Å². The predicted molar refractivity (Wildman–Crippen MR) is 129 cm³/mol. The first kappa shape index (κ1) is 20.3. The van der Waals surface area contributed by atoms with Gasteiger partial charge in [0.15, 0.2) is 0 Å². The molecule has 3 saturated heterocycles. The van der Waals surface area contributed by atoms with Gasteiger partial charge in [-0.15, -0.1) is 0 Å². The molecule has 3 aliphatic heterocycles. The molecule has 0 spiro atoms. The molecule has 3 fully saturated rings. The number of carbonyl (C=O) groups excluding carboxylic acids is 1. The average Bonchev–Trinajstić information content (AvgIpc) is 2.84. The Morgan fingerprint density at radius 3 is 2.22 bits per heavy atom. The van der Waals surface area contributed by atoms with E-state index in [0.29, 0.717) is 30.4 Å². The van der Waals surface area contributed by atoms with Crippen molar-refractivity contribution in [1.29, 1.82) is 0 Å². The number of nitrogens with one attached hydrogen (secondary N) is 2. The number of hydrogen-bond acceptors (Lipinski definition) is 3. The number of ether oxygens (including phenoxy) is 1. The summed E-state index contributed by atoms with van der Waals surface area (Å²) in [5.74, 6) is 1.11. The Morgan fingerprint density at radius 2 is 1.53 bits per heavy atom. The van der Waals surface area contributed by atoms with Crippen molar-refractivity contribution in [2.24, 2.45) is 0 Å². The van der Waals surface area contributed by atoms with Crippen molar-refractivity contribution in [3.8, 4) is 5.75 Å². The van der Waals surface area contributed by atoms with Crippen molar-refractivity contribution in [3.05, 3.63) is 95.6 Å². The number of fused-ring (bicyclic) bond motifs is 2. The largest absolute Gasteiger partial charge is 0.495 e. The van der Waals surface area contributed by atoms with Crippen LogP contribution in [0.5, 0.6) is 5.75 Å². The number of piperazine rings is 1. The molecular formula is C27H27N3O2. The molecule has 1 unspecified atom stereocenters. The van der Waals surface area contributed by atoms with E-state index in [1.807, 2.05) is 47.4 Å². The molecule has 3 heterocycles. The van der Waals surface area contributed by atoms with Crippen LogP contribution in [0.3, 0.4) is 0 Å². The average molecular weight is 426 g/mol. The molecule has 3 aromatic rings. The second kappa shape index (κ2) is 8.89. The van der Waals surface area contributed by atoms with Gasteiger partial charge in [0.2, 0.25) is 0 Å². The van der Waals surface area contributed by atoms with Gasteiger partial charge in [-0.05, 0) is 28.8 Å². The van der Waals surface area contributed by atoms with Crippen LogP contribution in [0.25, 0.3) is 12.2 Å². The monoisotopic (exact) mass is 425 g/mol. The number of anilines is 1. The maximum absolute atomic E-state index is 12.8. The number of para-hydroxylation sites is 2. The predicted octanol–water partition coefficient (Wildman–Crippen LogP) is 4.84. The van der Waals surface area contributed by atoms with Gasteiger partial charge in [0.1, 0.15) is 5.75 Å². The summed E-state index contributed by atoms with van der Waals surface area (Å²) < 4.78 is 5.34. The lowest BCUT2D eigenvalue weighted by Gasteiger charge is -2.54. The molecule has 2 N–H and O–H groups in total. The van der Waals surface area contributed by atoms with E-state index >= 15 is 0 Å². The Labute approximate surface area is 188 Å². The number of hydrogen-bond donors (Lipinski definition) is 2. The van der Waals surface area contributed by atoms with Gasteiger partial charge in [-0.25, -0.2) is 4.79 Å². The normalized spacial score (nSPS) is 21.8. The fraction of sp³-hybridized carbons (Fsp3) is 0.222. The standard InChI is InChI=1S/C27H27N3O2/c1-32-25-10-6-5-9-22(25)29-27(31)30-17-23-26(24(18-30)28-23)21-15-13-20(14-16-21)12-11-19-7-3-2-4-8-19/h2-16,23-24,26,28H,17-18H2,1H3,(H,29,31)/t23-,24+,26?. The molecule has 0 aliphatic carbocycles. The summed E-state index contributed by atoms with van der Waals surface area (Å²) in [4.78, 5) is 14.7. The highest BCUT2D eigenvalue weighted by Gasteiger charge is 2.48. The highest BCUT2D eigenvalue weighted by atomic mass is 16.5. The zero-order valence-corrected chi connectivity index (χ0v) is 18.1. The Kier molecular flexibility index (Phi) is 5.65. The fourth-order valence-electron chi connectivity index (χ4n) is 4.68. The summed E-state index contributed by atoms with van der Waals surface area (Å²) in [7, 11) is 1.61. The second-order valence-electron chi connectivity index (χ2n) is 8.35. The van der Waals surface area contributed by atoms with Crippen LogP contribution >= 0.6 is 0 Å². The molecular weight excluding hydrogens is 398 g/mol. The minimum atomic E-state index is -0.0779. The molecule has 6 rings (SSSR count). The first-order valence-corrected chi connectivity index (χ1v) is 11.0. The number of urea groups is 1. The molecule has 162 valence electrons. The number of methoxy groups -OCH3 is 1. The molecule has 32 heavy (non-hydrogen) atoms. The van der Waals surface area contributed by atoms with Crippen molar-refractivity contribution in [3.63, 3.8) is 0 Å². The Bertz CT molecular complexity index is 1100. The summed E-state index contributed by atoms with van der Waals surface area (Å²) in [6.07, 6.45) is 4.27. The van der Waals surface area contributed by atoms with Crippen molar-refractivity contribution >= 4 is 23.9 Å². The molecule has 2 bridgehead atoms. The molecule has 2 amide bonds. The van der Waals surface area contributed by atoms with Crippen molar-refractivity contribution in [2.75, 3.05) is 25.5 Å². The van der Waals surface area contributed by atoms with E-state index in [0.717, 1.165) is 0 Å². The van der Waals surface area contributed by atoms with Gasteiger partial charge in [-0.1, -0.05) is 78.9 Å². The fourth-order valence-corrected chi connectivity index (χ4v) is 4.68. The van der Waals surface area contributed by atoms with Gasteiger partial charge in [-0.2, -0.15) is 0 Å². The van der Waals surface area contributed by atoms with Crippen LogP contribution in [-0.4, -0.2) is 43.2 Å². The van der Waals surface area contributed by atoms with E-state index in [2.05, 4.69) is 59.2 Å². The Balaban J connectivity index is 1.20.